The number of fused-ring (bicyclic) bond motifs is 2. The highest BCUT2D eigenvalue weighted by Crippen LogP contribution is 2.31. The van der Waals surface area contributed by atoms with Gasteiger partial charge in [-0.15, -0.1) is 0 Å². The first kappa shape index (κ1) is 23.1. The first-order valence-electron chi connectivity index (χ1n) is 11.7. The molecule has 0 saturated carbocycles. The average molecular weight is 486 g/mol. The average Bonchev–Trinajstić information content (AvgIpc) is 3.39. The second-order valence-corrected chi connectivity index (χ2v) is 9.92. The van der Waals surface area contributed by atoms with E-state index in [4.69, 9.17) is 4.74 Å². The van der Waals surface area contributed by atoms with E-state index < -0.39 is 12.0 Å². The minimum Gasteiger partial charge on any atom is -0.463 e. The van der Waals surface area contributed by atoms with Crippen LogP contribution in [0.1, 0.15) is 56.3 Å². The summed E-state index contributed by atoms with van der Waals surface area (Å²) < 4.78 is 7.58. The van der Waals surface area contributed by atoms with Gasteiger partial charge in [-0.2, -0.15) is 0 Å². The summed E-state index contributed by atoms with van der Waals surface area (Å²) in [5.74, 6) is -0.0680. The van der Waals surface area contributed by atoms with E-state index in [0.717, 1.165) is 22.0 Å². The van der Waals surface area contributed by atoms with Crippen LogP contribution in [-0.4, -0.2) is 22.1 Å². The number of thiazole rings is 1. The first-order chi connectivity index (χ1) is 16.9. The Morgan fingerprint density at radius 3 is 2.66 bits per heavy atom. The Morgan fingerprint density at radius 1 is 1.20 bits per heavy atom. The van der Waals surface area contributed by atoms with Gasteiger partial charge in [-0.25, -0.2) is 9.79 Å². The number of carbonyl (C=O) groups is 1. The lowest BCUT2D eigenvalue weighted by atomic mass is 9.93. The van der Waals surface area contributed by atoms with Crippen molar-refractivity contribution in [2.75, 3.05) is 6.61 Å². The maximum atomic E-state index is 13.8. The molecule has 1 aliphatic heterocycles. The second-order valence-electron chi connectivity index (χ2n) is 8.91. The number of H-pyrrole nitrogens is 1. The zero-order valence-electron chi connectivity index (χ0n) is 20.2. The number of ether oxygens (including phenoxy) is 1. The van der Waals surface area contributed by atoms with Crippen molar-refractivity contribution in [1.82, 2.24) is 9.55 Å². The summed E-state index contributed by atoms with van der Waals surface area (Å²) in [5, 5.41) is 1.04. The number of nitrogens with zero attached hydrogens (tertiary/aromatic N) is 2. The van der Waals surface area contributed by atoms with E-state index in [1.165, 1.54) is 16.9 Å². The number of para-hydroxylation sites is 1. The minimum absolute atomic E-state index is 0.175. The molecule has 1 aliphatic rings. The molecule has 0 radical (unpaired) electrons. The normalized spacial score (nSPS) is 16.0. The van der Waals surface area contributed by atoms with Gasteiger partial charge in [0.05, 0.1) is 28.5 Å². The number of hydrogen-bond donors (Lipinski definition) is 1. The Hall–Kier alpha value is -3.71. The topological polar surface area (TPSA) is 76.4 Å². The molecule has 1 atom stereocenters. The summed E-state index contributed by atoms with van der Waals surface area (Å²) in [6.45, 7) is 8.10. The van der Waals surface area contributed by atoms with Crippen LogP contribution >= 0.6 is 11.3 Å². The number of hydrogen-bond acceptors (Lipinski definition) is 5. The van der Waals surface area contributed by atoms with Gasteiger partial charge in [0, 0.05) is 22.7 Å². The highest BCUT2D eigenvalue weighted by molar-refractivity contribution is 7.07. The smallest absolute Gasteiger partial charge is 0.338 e. The highest BCUT2D eigenvalue weighted by atomic mass is 32.1. The Bertz CT molecular complexity index is 1640. The molecule has 35 heavy (non-hydrogen) atoms. The molecule has 0 saturated heterocycles. The zero-order valence-corrected chi connectivity index (χ0v) is 21.0. The molecule has 178 valence electrons. The monoisotopic (exact) mass is 485 g/mol. The first-order valence-corrected chi connectivity index (χ1v) is 12.6. The van der Waals surface area contributed by atoms with Crippen molar-refractivity contribution in [1.29, 1.82) is 0 Å². The van der Waals surface area contributed by atoms with Crippen molar-refractivity contribution in [3.63, 3.8) is 0 Å². The third kappa shape index (κ3) is 4.06. The molecular weight excluding hydrogens is 458 g/mol. The van der Waals surface area contributed by atoms with E-state index in [1.807, 2.05) is 48.7 Å². The molecule has 7 heteroatoms. The van der Waals surface area contributed by atoms with Crippen molar-refractivity contribution in [2.24, 2.45) is 4.99 Å². The molecule has 2 aromatic carbocycles. The molecular formula is C28H27N3O3S. The number of allylic oxidation sites excluding steroid dienone is 1. The molecule has 2 aromatic heterocycles. The summed E-state index contributed by atoms with van der Waals surface area (Å²) in [6.07, 6.45) is 3.80. The molecule has 0 bridgehead atoms. The predicted octanol–water partition coefficient (Wildman–Crippen LogP) is 4.40. The van der Waals surface area contributed by atoms with Crippen LogP contribution in [0.25, 0.3) is 17.0 Å². The van der Waals surface area contributed by atoms with Gasteiger partial charge in [0.25, 0.3) is 5.56 Å². The number of carbonyl (C=O) groups excluding carboxylic acids is 1. The molecule has 0 amide bonds. The molecule has 0 fully saturated rings. The van der Waals surface area contributed by atoms with Crippen LogP contribution in [-0.2, 0) is 9.53 Å². The lowest BCUT2D eigenvalue weighted by Crippen LogP contribution is -2.39. The number of aromatic nitrogens is 2. The molecule has 0 unspecified atom stereocenters. The van der Waals surface area contributed by atoms with E-state index in [0.29, 0.717) is 26.5 Å². The Morgan fingerprint density at radius 2 is 1.94 bits per heavy atom. The van der Waals surface area contributed by atoms with Crippen molar-refractivity contribution in [3.8, 4) is 0 Å². The fourth-order valence-corrected chi connectivity index (χ4v) is 5.56. The third-order valence-corrected chi connectivity index (χ3v) is 7.33. The van der Waals surface area contributed by atoms with Gasteiger partial charge in [-0.1, -0.05) is 67.6 Å². The van der Waals surface area contributed by atoms with Crippen molar-refractivity contribution in [3.05, 3.63) is 102 Å². The highest BCUT2D eigenvalue weighted by Gasteiger charge is 2.33. The molecule has 6 nitrogen and oxygen atoms in total. The lowest BCUT2D eigenvalue weighted by Gasteiger charge is -2.25. The number of rotatable bonds is 5. The number of esters is 1. The fourth-order valence-electron chi connectivity index (χ4n) is 4.52. The third-order valence-electron chi connectivity index (χ3n) is 6.34. The molecule has 1 N–H and O–H groups in total. The summed E-state index contributed by atoms with van der Waals surface area (Å²) in [6, 6.07) is 15.5. The van der Waals surface area contributed by atoms with E-state index in [9.17, 15) is 9.59 Å². The molecule has 0 aliphatic carbocycles. The maximum absolute atomic E-state index is 13.8. The quantitative estimate of drug-likeness (QED) is 0.426. The summed E-state index contributed by atoms with van der Waals surface area (Å²) >= 11 is 1.33. The number of aromatic amines is 1. The Kier molecular flexibility index (Phi) is 6.03. The molecule has 5 rings (SSSR count). The summed E-state index contributed by atoms with van der Waals surface area (Å²) in [5.41, 5.74) is 4.79. The van der Waals surface area contributed by atoms with Gasteiger partial charge < -0.3 is 9.72 Å². The van der Waals surface area contributed by atoms with Gasteiger partial charge in [-0.3, -0.25) is 9.36 Å². The second kappa shape index (κ2) is 9.15. The Balaban J connectivity index is 1.72. The lowest BCUT2D eigenvalue weighted by molar-refractivity contribution is -0.139. The van der Waals surface area contributed by atoms with Gasteiger partial charge in [0.15, 0.2) is 4.80 Å². The fraction of sp³-hybridized carbons (Fsp3) is 0.250. The molecule has 0 spiro atoms. The zero-order chi connectivity index (χ0) is 24.7. The molecule has 3 heterocycles. The van der Waals surface area contributed by atoms with Crippen LogP contribution < -0.4 is 14.9 Å². The van der Waals surface area contributed by atoms with E-state index in [1.54, 1.807) is 18.4 Å². The van der Waals surface area contributed by atoms with Crippen LogP contribution in [0.2, 0.25) is 0 Å². The van der Waals surface area contributed by atoms with E-state index in [-0.39, 0.29) is 12.2 Å². The van der Waals surface area contributed by atoms with Gasteiger partial charge in [-0.05, 0) is 43.0 Å². The van der Waals surface area contributed by atoms with Gasteiger partial charge in [0.2, 0.25) is 0 Å². The summed E-state index contributed by atoms with van der Waals surface area (Å²) in [4.78, 5) is 35.3. The van der Waals surface area contributed by atoms with Crippen LogP contribution in [0.5, 0.6) is 0 Å². The predicted molar refractivity (Wildman–Crippen MR) is 139 cm³/mol. The maximum Gasteiger partial charge on any atom is 0.338 e. The Labute approximate surface area is 206 Å². The van der Waals surface area contributed by atoms with Gasteiger partial charge in [0.1, 0.15) is 0 Å². The van der Waals surface area contributed by atoms with Crippen LogP contribution in [0.15, 0.2) is 75.8 Å². The van der Waals surface area contributed by atoms with Crippen LogP contribution in [0.4, 0.5) is 0 Å². The van der Waals surface area contributed by atoms with Crippen LogP contribution in [0, 0.1) is 0 Å². The van der Waals surface area contributed by atoms with Crippen molar-refractivity contribution < 1.29 is 9.53 Å². The van der Waals surface area contributed by atoms with Crippen molar-refractivity contribution in [2.45, 2.75) is 39.7 Å². The molecule has 4 aromatic rings. The van der Waals surface area contributed by atoms with Crippen molar-refractivity contribution >= 4 is 34.3 Å². The van der Waals surface area contributed by atoms with Gasteiger partial charge >= 0.3 is 5.97 Å². The van der Waals surface area contributed by atoms with E-state index in [2.05, 4.69) is 36.0 Å². The summed E-state index contributed by atoms with van der Waals surface area (Å²) in [7, 11) is 0. The number of benzene rings is 2. The standard InChI is InChI=1S/C28H27N3O3S/c1-5-34-27(33)24-17(4)30-28-31(25(24)19-12-10-18(11-13-19)16(2)3)26(32)23(35-28)14-20-15-29-22-9-7-6-8-21(20)22/h6-16,25,29H,5H2,1-4H3/b23-14-/t25-/m0/s1. The van der Waals surface area contributed by atoms with E-state index >= 15 is 0 Å². The van der Waals surface area contributed by atoms with Crippen LogP contribution in [0.3, 0.4) is 0 Å². The minimum atomic E-state index is -0.600. The largest absolute Gasteiger partial charge is 0.463 e. The number of nitrogens with one attached hydrogen (secondary N) is 1. The SMILES string of the molecule is CCOC(=O)C1=C(C)N=c2s/c(=C\c3c[nH]c4ccccc34)c(=O)n2[C@H]1c1ccc(C(C)C)cc1.